The molecule has 4 rings (SSSR count). The molecule has 0 radical (unpaired) electrons. The van der Waals surface area contributed by atoms with Gasteiger partial charge in [-0.25, -0.2) is 9.97 Å². The van der Waals surface area contributed by atoms with Crippen molar-refractivity contribution in [2.75, 3.05) is 25.1 Å². The number of ether oxygens (including phenoxy) is 1. The molecular weight excluding hydrogens is 342 g/mol. The number of rotatable bonds is 6. The Bertz CT molecular complexity index is 842. The van der Waals surface area contributed by atoms with Crippen LogP contribution in [0.3, 0.4) is 0 Å². The van der Waals surface area contributed by atoms with Gasteiger partial charge in [0.15, 0.2) is 5.76 Å². The predicted molar refractivity (Wildman–Crippen MR) is 103 cm³/mol. The van der Waals surface area contributed by atoms with Gasteiger partial charge in [0.05, 0.1) is 12.8 Å². The highest BCUT2D eigenvalue weighted by atomic mass is 16.5. The van der Waals surface area contributed by atoms with Gasteiger partial charge in [-0.3, -0.25) is 0 Å². The van der Waals surface area contributed by atoms with Crippen LogP contribution in [0.15, 0.2) is 53.3 Å². The van der Waals surface area contributed by atoms with E-state index in [1.54, 1.807) is 19.5 Å². The molecule has 1 N–H and O–H groups in total. The Morgan fingerprint density at radius 3 is 2.59 bits per heavy atom. The zero-order valence-electron chi connectivity index (χ0n) is 15.3. The molecule has 3 aromatic rings. The van der Waals surface area contributed by atoms with Crippen LogP contribution in [0.5, 0.6) is 5.75 Å². The molecule has 1 saturated heterocycles. The van der Waals surface area contributed by atoms with Gasteiger partial charge < -0.3 is 19.5 Å². The van der Waals surface area contributed by atoms with Crippen LogP contribution in [0.2, 0.25) is 0 Å². The van der Waals surface area contributed by atoms with Gasteiger partial charge in [-0.05, 0) is 43.2 Å². The lowest BCUT2D eigenvalue weighted by Gasteiger charge is -2.32. The van der Waals surface area contributed by atoms with E-state index >= 15 is 0 Å². The number of hydrogen-bond acceptors (Lipinski definition) is 7. The first kappa shape index (κ1) is 17.5. The number of benzene rings is 1. The van der Waals surface area contributed by atoms with Crippen molar-refractivity contribution in [3.8, 4) is 17.1 Å². The van der Waals surface area contributed by atoms with Gasteiger partial charge in [0.2, 0.25) is 5.95 Å². The van der Waals surface area contributed by atoms with Crippen LogP contribution in [0.4, 0.5) is 5.95 Å². The maximum Gasteiger partial charge on any atom is 0.225 e. The first-order valence-electron chi connectivity index (χ1n) is 9.17. The highest BCUT2D eigenvalue weighted by Crippen LogP contribution is 2.23. The van der Waals surface area contributed by atoms with Crippen LogP contribution in [0.25, 0.3) is 11.3 Å². The Balaban J connectivity index is 1.28. The summed E-state index contributed by atoms with van der Waals surface area (Å²) in [5.74, 6) is 2.41. The molecule has 7 nitrogen and oxygen atoms in total. The summed E-state index contributed by atoms with van der Waals surface area (Å²) in [7, 11) is 1.66. The summed E-state index contributed by atoms with van der Waals surface area (Å²) in [5, 5.41) is 7.77. The smallest absolute Gasteiger partial charge is 0.225 e. The molecule has 2 aromatic heterocycles. The Morgan fingerprint density at radius 2 is 1.89 bits per heavy atom. The second kappa shape index (κ2) is 8.18. The highest BCUT2D eigenvalue weighted by molar-refractivity contribution is 5.58. The van der Waals surface area contributed by atoms with Crippen molar-refractivity contribution in [1.82, 2.24) is 20.4 Å². The number of methoxy groups -OCH3 is 1. The Labute approximate surface area is 158 Å². The zero-order valence-corrected chi connectivity index (χ0v) is 15.3. The predicted octanol–water partition coefficient (Wildman–Crippen LogP) is 2.90. The topological polar surface area (TPSA) is 76.3 Å². The van der Waals surface area contributed by atoms with Crippen LogP contribution in [-0.4, -0.2) is 41.4 Å². The summed E-state index contributed by atoms with van der Waals surface area (Å²) in [6, 6.07) is 12.1. The van der Waals surface area contributed by atoms with Crippen LogP contribution >= 0.6 is 0 Å². The fourth-order valence-corrected chi connectivity index (χ4v) is 3.27. The molecule has 1 aliphatic heterocycles. The Morgan fingerprint density at radius 1 is 1.15 bits per heavy atom. The number of piperidine rings is 1. The number of aromatic nitrogens is 3. The summed E-state index contributed by atoms with van der Waals surface area (Å²) in [5.41, 5.74) is 1.90. The standard InChI is InChI=1S/C20H23N5O2/c1-26-18-5-3-15(4-6-18)19-13-17(24-27-19)14-23-16-7-11-25(12-8-16)20-21-9-2-10-22-20/h2-6,9-10,13,16,23H,7-8,11-12,14H2,1H3. The third-order valence-corrected chi connectivity index (χ3v) is 4.84. The molecule has 0 atom stereocenters. The second-order valence-corrected chi connectivity index (χ2v) is 6.60. The quantitative estimate of drug-likeness (QED) is 0.720. The monoisotopic (exact) mass is 365 g/mol. The van der Waals surface area contributed by atoms with E-state index in [0.717, 1.165) is 54.6 Å². The van der Waals surface area contributed by atoms with E-state index in [2.05, 4.69) is 25.3 Å². The molecule has 0 aliphatic carbocycles. The third-order valence-electron chi connectivity index (χ3n) is 4.84. The molecule has 1 aliphatic rings. The molecule has 7 heteroatoms. The molecule has 0 bridgehead atoms. The zero-order chi connectivity index (χ0) is 18.5. The minimum absolute atomic E-state index is 0.464. The summed E-state index contributed by atoms with van der Waals surface area (Å²) < 4.78 is 10.7. The van der Waals surface area contributed by atoms with Gasteiger partial charge in [-0.1, -0.05) is 5.16 Å². The largest absolute Gasteiger partial charge is 0.497 e. The maximum absolute atomic E-state index is 5.48. The molecule has 3 heterocycles. The maximum atomic E-state index is 5.48. The molecular formula is C20H23N5O2. The first-order valence-corrected chi connectivity index (χ1v) is 9.17. The fourth-order valence-electron chi connectivity index (χ4n) is 3.27. The van der Waals surface area contributed by atoms with Gasteiger partial charge in [0, 0.05) is 49.7 Å². The summed E-state index contributed by atoms with van der Waals surface area (Å²) >= 11 is 0. The van der Waals surface area contributed by atoms with E-state index in [0.29, 0.717) is 12.6 Å². The van der Waals surface area contributed by atoms with Crippen LogP contribution in [0, 0.1) is 0 Å². The summed E-state index contributed by atoms with van der Waals surface area (Å²) in [4.78, 5) is 10.9. The van der Waals surface area contributed by atoms with E-state index in [1.807, 2.05) is 36.4 Å². The van der Waals surface area contributed by atoms with Crippen molar-refractivity contribution >= 4 is 5.95 Å². The van der Waals surface area contributed by atoms with E-state index < -0.39 is 0 Å². The van der Waals surface area contributed by atoms with Gasteiger partial charge >= 0.3 is 0 Å². The van der Waals surface area contributed by atoms with Crippen molar-refractivity contribution in [2.45, 2.75) is 25.4 Å². The van der Waals surface area contributed by atoms with E-state index in [-0.39, 0.29) is 0 Å². The van der Waals surface area contributed by atoms with Crippen molar-refractivity contribution in [3.63, 3.8) is 0 Å². The molecule has 0 unspecified atom stereocenters. The van der Waals surface area contributed by atoms with Crippen molar-refractivity contribution in [3.05, 3.63) is 54.5 Å². The molecule has 27 heavy (non-hydrogen) atoms. The SMILES string of the molecule is COc1ccc(-c2cc(CNC3CCN(c4ncccn4)CC3)no2)cc1. The highest BCUT2D eigenvalue weighted by Gasteiger charge is 2.20. The molecule has 1 fully saturated rings. The second-order valence-electron chi connectivity index (χ2n) is 6.60. The minimum atomic E-state index is 0.464. The van der Waals surface area contributed by atoms with E-state index in [1.165, 1.54) is 0 Å². The van der Waals surface area contributed by atoms with E-state index in [4.69, 9.17) is 9.26 Å². The van der Waals surface area contributed by atoms with Crippen LogP contribution < -0.4 is 15.0 Å². The van der Waals surface area contributed by atoms with Crippen LogP contribution in [-0.2, 0) is 6.54 Å². The summed E-state index contributed by atoms with van der Waals surface area (Å²) in [6.07, 6.45) is 5.69. The number of hydrogen-bond donors (Lipinski definition) is 1. The summed E-state index contributed by atoms with van der Waals surface area (Å²) in [6.45, 7) is 2.61. The van der Waals surface area contributed by atoms with Gasteiger partial charge in [0.25, 0.3) is 0 Å². The van der Waals surface area contributed by atoms with Crippen LogP contribution in [0.1, 0.15) is 18.5 Å². The van der Waals surface area contributed by atoms with Crippen molar-refractivity contribution in [2.24, 2.45) is 0 Å². The van der Waals surface area contributed by atoms with Gasteiger partial charge in [0.1, 0.15) is 5.75 Å². The number of anilines is 1. The molecule has 1 aromatic carbocycles. The van der Waals surface area contributed by atoms with Crippen molar-refractivity contribution in [1.29, 1.82) is 0 Å². The number of nitrogens with zero attached hydrogens (tertiary/aromatic N) is 4. The molecule has 0 spiro atoms. The lowest BCUT2D eigenvalue weighted by atomic mass is 10.1. The normalized spacial score (nSPS) is 15.1. The molecule has 140 valence electrons. The Hall–Kier alpha value is -2.93. The van der Waals surface area contributed by atoms with Gasteiger partial charge in [-0.2, -0.15) is 0 Å². The van der Waals surface area contributed by atoms with Gasteiger partial charge in [-0.15, -0.1) is 0 Å². The van der Waals surface area contributed by atoms with Crippen molar-refractivity contribution < 1.29 is 9.26 Å². The first-order chi connectivity index (χ1) is 13.3. The lowest BCUT2D eigenvalue weighted by molar-refractivity contribution is 0.390. The fraction of sp³-hybridized carbons (Fsp3) is 0.350. The average molecular weight is 365 g/mol. The Kier molecular flexibility index (Phi) is 5.29. The third kappa shape index (κ3) is 4.25. The lowest BCUT2D eigenvalue weighted by Crippen LogP contribution is -2.42. The molecule has 0 saturated carbocycles. The van der Waals surface area contributed by atoms with E-state index in [9.17, 15) is 0 Å². The average Bonchev–Trinajstić information content (AvgIpc) is 3.22. The number of nitrogens with one attached hydrogen (secondary N) is 1. The minimum Gasteiger partial charge on any atom is -0.497 e. The molecule has 0 amide bonds.